The summed E-state index contributed by atoms with van der Waals surface area (Å²) in [5.41, 5.74) is 1.05. The van der Waals surface area contributed by atoms with Crippen molar-refractivity contribution in [3.63, 3.8) is 0 Å². The van der Waals surface area contributed by atoms with E-state index in [9.17, 15) is 0 Å². The van der Waals surface area contributed by atoms with E-state index in [-0.39, 0.29) is 0 Å². The van der Waals surface area contributed by atoms with Crippen LogP contribution in [0, 0.1) is 6.92 Å². The maximum atomic E-state index is 6.19. The van der Waals surface area contributed by atoms with E-state index in [1.807, 2.05) is 31.2 Å². The quantitative estimate of drug-likeness (QED) is 0.624. The van der Waals surface area contributed by atoms with Gasteiger partial charge >= 0.3 is 0 Å². The molecular weight excluding hydrogens is 283 g/mol. The van der Waals surface area contributed by atoms with Gasteiger partial charge in [-0.2, -0.15) is 0 Å². The normalized spacial score (nSPS) is 10.9. The van der Waals surface area contributed by atoms with E-state index in [1.165, 1.54) is 0 Å². The average Bonchev–Trinajstić information content (AvgIpc) is 2.14. The number of fused-ring (bicyclic) bond motifs is 1. The van der Waals surface area contributed by atoms with Crippen LogP contribution in [0.5, 0.6) is 0 Å². The molecule has 2 aromatic carbocycles. The molecule has 0 saturated carbocycles. The number of hydrogen-bond donors (Lipinski definition) is 0. The molecular formula is C11H7BrCl2. The number of hydrogen-bond acceptors (Lipinski definition) is 0. The van der Waals surface area contributed by atoms with Crippen LogP contribution < -0.4 is 0 Å². The maximum absolute atomic E-state index is 6.19. The Hall–Kier alpha value is -0.240. The van der Waals surface area contributed by atoms with Gasteiger partial charge in [0.05, 0.1) is 5.02 Å². The molecule has 0 heterocycles. The Kier molecular flexibility index (Phi) is 2.74. The molecule has 72 valence electrons. The topological polar surface area (TPSA) is 0 Å². The fraction of sp³-hybridized carbons (Fsp3) is 0.0909. The van der Waals surface area contributed by atoms with Gasteiger partial charge in [-0.3, -0.25) is 0 Å². The second kappa shape index (κ2) is 3.73. The first-order chi connectivity index (χ1) is 6.61. The van der Waals surface area contributed by atoms with E-state index >= 15 is 0 Å². The number of rotatable bonds is 0. The predicted octanol–water partition coefficient (Wildman–Crippen LogP) is 5.22. The van der Waals surface area contributed by atoms with Gasteiger partial charge in [0.2, 0.25) is 0 Å². The minimum absolute atomic E-state index is 0.719. The van der Waals surface area contributed by atoms with Gasteiger partial charge in [-0.1, -0.05) is 51.3 Å². The highest BCUT2D eigenvalue weighted by molar-refractivity contribution is 9.10. The van der Waals surface area contributed by atoms with Gasteiger partial charge in [-0.25, -0.2) is 0 Å². The molecule has 0 aliphatic carbocycles. The molecule has 0 nitrogen and oxygen atoms in total. The van der Waals surface area contributed by atoms with Crippen molar-refractivity contribution in [1.29, 1.82) is 0 Å². The largest absolute Gasteiger partial charge is 0.0836 e. The highest BCUT2D eigenvalue weighted by Gasteiger charge is 2.08. The maximum Gasteiger partial charge on any atom is 0.0514 e. The third-order valence-corrected chi connectivity index (χ3v) is 3.62. The molecule has 0 aliphatic heterocycles. The first-order valence-electron chi connectivity index (χ1n) is 4.14. The lowest BCUT2D eigenvalue weighted by Crippen LogP contribution is -1.82. The molecule has 0 N–H and O–H groups in total. The van der Waals surface area contributed by atoms with Crippen molar-refractivity contribution >= 4 is 49.9 Å². The zero-order chi connectivity index (χ0) is 10.3. The molecule has 3 heteroatoms. The van der Waals surface area contributed by atoms with Crippen molar-refractivity contribution in [3.8, 4) is 0 Å². The summed E-state index contributed by atoms with van der Waals surface area (Å²) in [5, 5.41) is 3.46. The summed E-state index contributed by atoms with van der Waals surface area (Å²) in [6.45, 7) is 1.98. The van der Waals surface area contributed by atoms with Gasteiger partial charge in [-0.15, -0.1) is 0 Å². The standard InChI is InChI=1S/C11H7BrCl2/c1-6-5-8(12)10-7(11(6)14)3-2-4-9(10)13/h2-5H,1H3. The zero-order valence-corrected chi connectivity index (χ0v) is 10.5. The summed E-state index contributed by atoms with van der Waals surface area (Å²) < 4.78 is 0.986. The Morgan fingerprint density at radius 2 is 1.93 bits per heavy atom. The lowest BCUT2D eigenvalue weighted by molar-refractivity contribution is 1.49. The van der Waals surface area contributed by atoms with Crippen LogP contribution in [0.3, 0.4) is 0 Å². The first kappa shape index (κ1) is 10.3. The van der Waals surface area contributed by atoms with Crippen LogP contribution in [0.4, 0.5) is 0 Å². The van der Waals surface area contributed by atoms with Crippen molar-refractivity contribution < 1.29 is 0 Å². The summed E-state index contributed by atoms with van der Waals surface area (Å²) in [7, 11) is 0. The van der Waals surface area contributed by atoms with Gasteiger partial charge in [0.1, 0.15) is 0 Å². The highest BCUT2D eigenvalue weighted by atomic mass is 79.9. The smallest absolute Gasteiger partial charge is 0.0514 e. The average molecular weight is 290 g/mol. The molecule has 0 bridgehead atoms. The third kappa shape index (κ3) is 1.54. The van der Waals surface area contributed by atoms with Crippen LogP contribution in [0.25, 0.3) is 10.8 Å². The van der Waals surface area contributed by atoms with Crippen LogP contribution >= 0.6 is 39.1 Å². The van der Waals surface area contributed by atoms with Crippen molar-refractivity contribution in [2.24, 2.45) is 0 Å². The predicted molar refractivity (Wildman–Crippen MR) is 66.4 cm³/mol. The summed E-state index contributed by atoms with van der Waals surface area (Å²) in [6, 6.07) is 7.72. The van der Waals surface area contributed by atoms with Gasteiger partial charge in [0, 0.05) is 20.3 Å². The molecule has 14 heavy (non-hydrogen) atoms. The van der Waals surface area contributed by atoms with E-state index < -0.39 is 0 Å². The second-order valence-corrected chi connectivity index (χ2v) is 4.79. The molecule has 0 spiro atoms. The second-order valence-electron chi connectivity index (χ2n) is 3.15. The lowest BCUT2D eigenvalue weighted by atomic mass is 10.1. The number of benzene rings is 2. The van der Waals surface area contributed by atoms with Crippen molar-refractivity contribution in [3.05, 3.63) is 44.3 Å². The third-order valence-electron chi connectivity index (χ3n) is 2.18. The molecule has 2 aromatic rings. The van der Waals surface area contributed by atoms with Gasteiger partial charge in [0.25, 0.3) is 0 Å². The molecule has 0 unspecified atom stereocenters. The first-order valence-corrected chi connectivity index (χ1v) is 5.69. The van der Waals surface area contributed by atoms with E-state index in [4.69, 9.17) is 23.2 Å². The number of halogens is 3. The van der Waals surface area contributed by atoms with Crippen LogP contribution in [-0.2, 0) is 0 Å². The Morgan fingerprint density at radius 1 is 1.21 bits per heavy atom. The Balaban J connectivity index is 3.02. The fourth-order valence-electron chi connectivity index (χ4n) is 1.49. The molecule has 2 rings (SSSR count). The molecule has 0 aromatic heterocycles. The molecule has 0 radical (unpaired) electrons. The minimum Gasteiger partial charge on any atom is -0.0836 e. The van der Waals surface area contributed by atoms with E-state index in [0.29, 0.717) is 0 Å². The zero-order valence-electron chi connectivity index (χ0n) is 7.44. The van der Waals surface area contributed by atoms with Gasteiger partial charge in [0.15, 0.2) is 0 Å². The van der Waals surface area contributed by atoms with Crippen LogP contribution in [-0.4, -0.2) is 0 Å². The van der Waals surface area contributed by atoms with Gasteiger partial charge in [-0.05, 0) is 24.6 Å². The minimum atomic E-state index is 0.719. The fourth-order valence-corrected chi connectivity index (χ4v) is 2.86. The van der Waals surface area contributed by atoms with Gasteiger partial charge < -0.3 is 0 Å². The lowest BCUT2D eigenvalue weighted by Gasteiger charge is -2.07. The molecule has 0 aliphatic rings. The Morgan fingerprint density at radius 3 is 2.64 bits per heavy atom. The van der Waals surface area contributed by atoms with Crippen molar-refractivity contribution in [1.82, 2.24) is 0 Å². The Labute approximate surface area is 101 Å². The van der Waals surface area contributed by atoms with Crippen LogP contribution in [0.2, 0.25) is 10.0 Å². The summed E-state index contributed by atoms with van der Waals surface area (Å²) >= 11 is 15.8. The van der Waals surface area contributed by atoms with Crippen molar-refractivity contribution in [2.45, 2.75) is 6.92 Å². The number of aryl methyl sites for hydroxylation is 1. The van der Waals surface area contributed by atoms with Crippen LogP contribution in [0.1, 0.15) is 5.56 Å². The van der Waals surface area contributed by atoms with E-state index in [0.717, 1.165) is 30.9 Å². The molecule has 0 fully saturated rings. The summed E-state index contributed by atoms with van der Waals surface area (Å²) in [6.07, 6.45) is 0. The Bertz CT molecular complexity index is 506. The molecule has 0 saturated heterocycles. The van der Waals surface area contributed by atoms with Crippen LogP contribution in [0.15, 0.2) is 28.7 Å². The summed E-state index contributed by atoms with van der Waals surface area (Å²) in [5.74, 6) is 0. The van der Waals surface area contributed by atoms with E-state index in [2.05, 4.69) is 15.9 Å². The molecule has 0 amide bonds. The summed E-state index contributed by atoms with van der Waals surface area (Å²) in [4.78, 5) is 0. The highest BCUT2D eigenvalue weighted by Crippen LogP contribution is 2.36. The molecule has 0 atom stereocenters. The SMILES string of the molecule is Cc1cc(Br)c2c(Cl)cccc2c1Cl. The van der Waals surface area contributed by atoms with E-state index in [1.54, 1.807) is 0 Å². The van der Waals surface area contributed by atoms with Crippen molar-refractivity contribution in [2.75, 3.05) is 0 Å². The monoisotopic (exact) mass is 288 g/mol.